The number of aromatic nitrogens is 6. The molecule has 0 aliphatic rings. The van der Waals surface area contributed by atoms with Gasteiger partial charge in [0.15, 0.2) is 17.5 Å². The Balaban J connectivity index is 1.07. The zero-order chi connectivity index (χ0) is 31.2. The van der Waals surface area contributed by atoms with E-state index in [1.165, 1.54) is 0 Å². The van der Waals surface area contributed by atoms with E-state index in [-0.39, 0.29) is 0 Å². The second-order valence-electron chi connectivity index (χ2n) is 11.2. The summed E-state index contributed by atoms with van der Waals surface area (Å²) in [5.41, 5.74) is 8.63. The smallest absolute Gasteiger partial charge is 0.227 e. The molecule has 0 aliphatic heterocycles. The highest BCUT2D eigenvalue weighted by atomic mass is 16.3. The van der Waals surface area contributed by atoms with Gasteiger partial charge in [-0.1, -0.05) is 109 Å². The van der Waals surface area contributed by atoms with Gasteiger partial charge in [0.1, 0.15) is 11.9 Å². The van der Waals surface area contributed by atoms with Crippen molar-refractivity contribution in [1.82, 2.24) is 29.9 Å². The molecule has 0 unspecified atom stereocenters. The van der Waals surface area contributed by atoms with Crippen LogP contribution in [-0.4, -0.2) is 29.9 Å². The maximum atomic E-state index is 6.04. The normalized spacial score (nSPS) is 11.4. The van der Waals surface area contributed by atoms with E-state index in [9.17, 15) is 0 Å². The van der Waals surface area contributed by atoms with Crippen LogP contribution in [0.25, 0.3) is 89.7 Å². The Kier molecular flexibility index (Phi) is 6.31. The second kappa shape index (κ2) is 11.1. The second-order valence-corrected chi connectivity index (χ2v) is 11.2. The van der Waals surface area contributed by atoms with Crippen molar-refractivity contribution in [2.45, 2.75) is 0 Å². The van der Waals surface area contributed by atoms with Gasteiger partial charge in [-0.15, -0.1) is 0 Å². The molecule has 7 heteroatoms. The molecule has 0 saturated carbocycles. The molecule has 7 nitrogen and oxygen atoms in total. The lowest BCUT2D eigenvalue weighted by molar-refractivity contribution is 0.654. The first-order valence-corrected chi connectivity index (χ1v) is 15.3. The first kappa shape index (κ1) is 26.8. The fourth-order valence-corrected chi connectivity index (χ4v) is 5.93. The molecule has 0 atom stereocenters. The Morgan fingerprint density at radius 1 is 0.404 bits per heavy atom. The Morgan fingerprint density at radius 2 is 0.979 bits per heavy atom. The van der Waals surface area contributed by atoms with E-state index in [4.69, 9.17) is 24.4 Å². The highest BCUT2D eigenvalue weighted by Crippen LogP contribution is 2.33. The maximum absolute atomic E-state index is 6.04. The summed E-state index contributed by atoms with van der Waals surface area (Å²) in [7, 11) is 0. The van der Waals surface area contributed by atoms with Crippen LogP contribution in [0, 0.1) is 0 Å². The summed E-state index contributed by atoms with van der Waals surface area (Å²) in [5.74, 6) is 1.89. The summed E-state index contributed by atoms with van der Waals surface area (Å²) in [6.07, 6.45) is 1.59. The molecule has 0 radical (unpaired) electrons. The molecular weight excluding hydrogens is 580 g/mol. The minimum Gasteiger partial charge on any atom is -0.438 e. The summed E-state index contributed by atoms with van der Waals surface area (Å²) in [4.78, 5) is 28.6. The van der Waals surface area contributed by atoms with Gasteiger partial charge in [-0.3, -0.25) is 0 Å². The largest absolute Gasteiger partial charge is 0.438 e. The number of rotatable bonds is 5. The molecule has 220 valence electrons. The van der Waals surface area contributed by atoms with Gasteiger partial charge in [-0.25, -0.2) is 29.9 Å². The average Bonchev–Trinajstić information content (AvgIpc) is 3.53. The molecule has 0 aliphatic carbocycles. The van der Waals surface area contributed by atoms with E-state index in [0.717, 1.165) is 66.5 Å². The third-order valence-corrected chi connectivity index (χ3v) is 8.30. The average molecular weight is 605 g/mol. The van der Waals surface area contributed by atoms with Crippen molar-refractivity contribution >= 4 is 33.0 Å². The topological polar surface area (TPSA) is 90.5 Å². The number of pyridine rings is 1. The van der Waals surface area contributed by atoms with Gasteiger partial charge in [0.25, 0.3) is 0 Å². The van der Waals surface area contributed by atoms with Gasteiger partial charge in [-0.2, -0.15) is 0 Å². The number of hydrogen-bond acceptors (Lipinski definition) is 7. The summed E-state index contributed by atoms with van der Waals surface area (Å²) < 4.78 is 6.04. The van der Waals surface area contributed by atoms with Crippen molar-refractivity contribution in [2.75, 3.05) is 0 Å². The molecule has 0 N–H and O–H groups in total. The molecule has 4 aromatic heterocycles. The zero-order valence-electron chi connectivity index (χ0n) is 24.9. The number of benzene rings is 5. The number of para-hydroxylation sites is 1. The standard InChI is InChI=1S/C40H24N6O/c1-3-9-26(10-4-1)37-44-38(27-11-5-2-6-12-27)46-39(45-37)28-17-15-25(16-18-28)29-19-20-32-34(23-29)41-24-42-36(32)33-22-21-31-30-13-7-8-14-35(30)47-40(31)43-33/h1-24H. The molecule has 0 saturated heterocycles. The number of nitrogens with zero attached hydrogens (tertiary/aromatic N) is 6. The van der Waals surface area contributed by atoms with Crippen LogP contribution in [0.2, 0.25) is 0 Å². The van der Waals surface area contributed by atoms with E-state index in [1.807, 2.05) is 97.1 Å². The maximum Gasteiger partial charge on any atom is 0.227 e. The van der Waals surface area contributed by atoms with Crippen LogP contribution < -0.4 is 0 Å². The molecular formula is C40H24N6O. The molecule has 0 fully saturated rings. The number of hydrogen-bond donors (Lipinski definition) is 0. The minimum atomic E-state index is 0.595. The zero-order valence-corrected chi connectivity index (χ0v) is 24.9. The molecule has 5 aromatic carbocycles. The summed E-state index contributed by atoms with van der Waals surface area (Å²) in [6.45, 7) is 0. The van der Waals surface area contributed by atoms with Crippen LogP contribution >= 0.6 is 0 Å². The molecule has 0 bridgehead atoms. The molecule has 0 spiro atoms. The third kappa shape index (κ3) is 4.87. The van der Waals surface area contributed by atoms with Crippen molar-refractivity contribution in [1.29, 1.82) is 0 Å². The fourth-order valence-electron chi connectivity index (χ4n) is 5.93. The summed E-state index contributed by atoms with van der Waals surface area (Å²) >= 11 is 0. The highest BCUT2D eigenvalue weighted by Gasteiger charge is 2.15. The van der Waals surface area contributed by atoms with E-state index in [2.05, 4.69) is 52.4 Å². The molecule has 47 heavy (non-hydrogen) atoms. The third-order valence-electron chi connectivity index (χ3n) is 8.30. The van der Waals surface area contributed by atoms with Gasteiger partial charge in [0.05, 0.1) is 16.9 Å². The predicted molar refractivity (Wildman–Crippen MR) is 185 cm³/mol. The van der Waals surface area contributed by atoms with Crippen LogP contribution in [0.15, 0.2) is 150 Å². The van der Waals surface area contributed by atoms with Crippen molar-refractivity contribution in [3.8, 4) is 56.7 Å². The monoisotopic (exact) mass is 604 g/mol. The van der Waals surface area contributed by atoms with Crippen LogP contribution in [-0.2, 0) is 0 Å². The van der Waals surface area contributed by atoms with Crippen molar-refractivity contribution in [2.24, 2.45) is 0 Å². The molecule has 0 amide bonds. The van der Waals surface area contributed by atoms with E-state index >= 15 is 0 Å². The highest BCUT2D eigenvalue weighted by molar-refractivity contribution is 6.04. The summed E-state index contributed by atoms with van der Waals surface area (Å²) in [5, 5.41) is 2.95. The minimum absolute atomic E-state index is 0.595. The van der Waals surface area contributed by atoms with Gasteiger partial charge < -0.3 is 4.42 Å². The van der Waals surface area contributed by atoms with Gasteiger partial charge in [0.2, 0.25) is 5.71 Å². The lowest BCUT2D eigenvalue weighted by Crippen LogP contribution is -2.00. The van der Waals surface area contributed by atoms with Crippen molar-refractivity contribution in [3.63, 3.8) is 0 Å². The van der Waals surface area contributed by atoms with E-state index in [1.54, 1.807) is 6.33 Å². The first-order chi connectivity index (χ1) is 23.3. The van der Waals surface area contributed by atoms with Crippen LogP contribution in [0.3, 0.4) is 0 Å². The number of fused-ring (bicyclic) bond motifs is 4. The van der Waals surface area contributed by atoms with Crippen LogP contribution in [0.4, 0.5) is 0 Å². The summed E-state index contributed by atoms with van der Waals surface area (Å²) in [6, 6.07) is 46.5. The van der Waals surface area contributed by atoms with E-state index in [0.29, 0.717) is 23.2 Å². The lowest BCUT2D eigenvalue weighted by atomic mass is 10.0. The number of furan rings is 1. The Bertz CT molecular complexity index is 2510. The van der Waals surface area contributed by atoms with Gasteiger partial charge >= 0.3 is 0 Å². The van der Waals surface area contributed by atoms with Crippen molar-refractivity contribution < 1.29 is 4.42 Å². The van der Waals surface area contributed by atoms with Gasteiger partial charge in [-0.05, 0) is 41.5 Å². The Labute approximate surface area is 269 Å². The predicted octanol–water partition coefficient (Wildman–Crippen LogP) is 9.44. The fraction of sp³-hybridized carbons (Fsp3) is 0. The molecule has 9 rings (SSSR count). The molecule has 9 aromatic rings. The lowest BCUT2D eigenvalue weighted by Gasteiger charge is -2.10. The molecule has 4 heterocycles. The Morgan fingerprint density at radius 3 is 1.68 bits per heavy atom. The van der Waals surface area contributed by atoms with Crippen LogP contribution in [0.1, 0.15) is 0 Å². The van der Waals surface area contributed by atoms with Gasteiger partial charge in [0, 0.05) is 32.8 Å². The Hall–Kier alpha value is -6.60. The SMILES string of the molecule is c1ccc(-c2nc(-c3ccccc3)nc(-c3ccc(-c4ccc5c(-c6ccc7c(n6)oc6ccccc67)ncnc5c4)cc3)n2)cc1. The quantitative estimate of drug-likeness (QED) is 0.193. The van der Waals surface area contributed by atoms with Crippen LogP contribution in [0.5, 0.6) is 0 Å². The van der Waals surface area contributed by atoms with Crippen molar-refractivity contribution in [3.05, 3.63) is 146 Å². The first-order valence-electron chi connectivity index (χ1n) is 15.3. The van der Waals surface area contributed by atoms with E-state index < -0.39 is 0 Å².